The smallest absolute Gasteiger partial charge is 0.315 e. The van der Waals surface area contributed by atoms with Gasteiger partial charge in [0.2, 0.25) is 0 Å². The molecule has 1 unspecified atom stereocenters. The van der Waals surface area contributed by atoms with E-state index in [1.54, 1.807) is 12.4 Å². The SMILES string of the molecule is CCCC(C(=O)OCC)c1cncc(C#Cc2ccc3c(c2)C(C)(C)CCS3)n1. The fraction of sp³-hybridized carbons (Fsp3) is 0.458. The van der Waals surface area contributed by atoms with Gasteiger partial charge in [-0.2, -0.15) is 0 Å². The lowest BCUT2D eigenvalue weighted by Crippen LogP contribution is -2.22. The van der Waals surface area contributed by atoms with Crippen LogP contribution in [0.3, 0.4) is 0 Å². The number of ether oxygens (including phenoxy) is 1. The highest BCUT2D eigenvalue weighted by Crippen LogP contribution is 2.41. The number of rotatable bonds is 5. The molecule has 0 spiro atoms. The number of carbonyl (C=O) groups excluding carboxylic acids is 1. The van der Waals surface area contributed by atoms with Gasteiger partial charge in [-0.25, -0.2) is 4.98 Å². The number of esters is 1. The van der Waals surface area contributed by atoms with E-state index in [2.05, 4.69) is 53.9 Å². The summed E-state index contributed by atoms with van der Waals surface area (Å²) in [7, 11) is 0. The van der Waals surface area contributed by atoms with Crippen molar-refractivity contribution in [3.8, 4) is 11.8 Å². The topological polar surface area (TPSA) is 52.1 Å². The van der Waals surface area contributed by atoms with E-state index < -0.39 is 5.92 Å². The Balaban J connectivity index is 1.86. The Kier molecular flexibility index (Phi) is 6.97. The number of thioether (sulfide) groups is 1. The highest BCUT2D eigenvalue weighted by atomic mass is 32.2. The van der Waals surface area contributed by atoms with Gasteiger partial charge < -0.3 is 4.74 Å². The first-order valence-corrected chi connectivity index (χ1v) is 11.2. The predicted molar refractivity (Wildman–Crippen MR) is 117 cm³/mol. The fourth-order valence-electron chi connectivity index (χ4n) is 3.48. The molecule has 1 atom stereocenters. The van der Waals surface area contributed by atoms with Crippen LogP contribution in [0.25, 0.3) is 0 Å². The molecule has 3 rings (SSSR count). The minimum Gasteiger partial charge on any atom is -0.465 e. The van der Waals surface area contributed by atoms with Gasteiger partial charge in [0, 0.05) is 16.7 Å². The summed E-state index contributed by atoms with van der Waals surface area (Å²) in [6, 6.07) is 6.44. The van der Waals surface area contributed by atoms with Crippen molar-refractivity contribution in [2.24, 2.45) is 0 Å². The molecule has 1 aliphatic rings. The molecule has 0 aliphatic carbocycles. The molecule has 2 aromatic rings. The van der Waals surface area contributed by atoms with Gasteiger partial charge in [0.15, 0.2) is 0 Å². The molecule has 1 aromatic carbocycles. The average Bonchev–Trinajstić information content (AvgIpc) is 2.71. The third-order valence-electron chi connectivity index (χ3n) is 5.19. The van der Waals surface area contributed by atoms with Gasteiger partial charge in [-0.05, 0) is 60.6 Å². The van der Waals surface area contributed by atoms with Crippen LogP contribution in [-0.2, 0) is 14.9 Å². The molecule has 0 fully saturated rings. The number of carbonyl (C=O) groups is 1. The highest BCUT2D eigenvalue weighted by molar-refractivity contribution is 7.99. The maximum absolute atomic E-state index is 12.3. The van der Waals surface area contributed by atoms with Gasteiger partial charge in [-0.15, -0.1) is 11.8 Å². The normalized spacial score (nSPS) is 15.6. The van der Waals surface area contributed by atoms with Crippen LogP contribution in [0.4, 0.5) is 0 Å². The molecule has 2 heterocycles. The summed E-state index contributed by atoms with van der Waals surface area (Å²) in [5, 5.41) is 0. The molecular weight excluding hydrogens is 380 g/mol. The van der Waals surface area contributed by atoms with Crippen LogP contribution in [0.2, 0.25) is 0 Å². The molecule has 0 N–H and O–H groups in total. The number of hydrogen-bond donors (Lipinski definition) is 0. The maximum atomic E-state index is 12.3. The average molecular weight is 409 g/mol. The molecule has 1 aromatic heterocycles. The van der Waals surface area contributed by atoms with Crippen LogP contribution in [0, 0.1) is 11.8 Å². The Labute approximate surface area is 177 Å². The van der Waals surface area contributed by atoms with Crippen molar-refractivity contribution in [1.82, 2.24) is 9.97 Å². The standard InChI is InChI=1S/C24H28N2O2S/c1-5-7-19(23(27)28-6-2)21-16-25-15-18(26-21)10-8-17-9-11-22-20(14-17)24(3,4)12-13-29-22/h9,11,14-16,19H,5-7,12-13H2,1-4H3. The van der Waals surface area contributed by atoms with Crippen molar-refractivity contribution in [3.63, 3.8) is 0 Å². The van der Waals surface area contributed by atoms with Crippen LogP contribution in [0.5, 0.6) is 0 Å². The fourth-order valence-corrected chi connectivity index (χ4v) is 4.96. The van der Waals surface area contributed by atoms with Gasteiger partial charge in [0.05, 0.1) is 18.5 Å². The van der Waals surface area contributed by atoms with E-state index >= 15 is 0 Å². The molecule has 5 heteroatoms. The van der Waals surface area contributed by atoms with Gasteiger partial charge in [-0.1, -0.05) is 33.1 Å². The van der Waals surface area contributed by atoms with Crippen LogP contribution in [0.1, 0.15) is 75.4 Å². The summed E-state index contributed by atoms with van der Waals surface area (Å²) in [5.41, 5.74) is 3.71. The molecule has 0 saturated heterocycles. The van der Waals surface area contributed by atoms with Crippen LogP contribution < -0.4 is 0 Å². The van der Waals surface area contributed by atoms with E-state index in [0.717, 1.165) is 17.7 Å². The van der Waals surface area contributed by atoms with E-state index in [1.807, 2.05) is 25.6 Å². The third kappa shape index (κ3) is 5.19. The van der Waals surface area contributed by atoms with Crippen molar-refractivity contribution in [1.29, 1.82) is 0 Å². The summed E-state index contributed by atoms with van der Waals surface area (Å²) in [6.45, 7) is 8.80. The lowest BCUT2D eigenvalue weighted by molar-refractivity contribution is -0.145. The first kappa shape index (κ1) is 21.4. The number of hydrogen-bond acceptors (Lipinski definition) is 5. The number of benzene rings is 1. The second-order valence-corrected chi connectivity index (χ2v) is 9.00. The van der Waals surface area contributed by atoms with E-state index in [4.69, 9.17) is 4.74 Å². The zero-order valence-corrected chi connectivity index (χ0v) is 18.4. The Morgan fingerprint density at radius 1 is 1.28 bits per heavy atom. The monoisotopic (exact) mass is 408 g/mol. The zero-order valence-electron chi connectivity index (χ0n) is 17.6. The number of nitrogens with zero attached hydrogens (tertiary/aromatic N) is 2. The molecule has 152 valence electrons. The quantitative estimate of drug-likeness (QED) is 0.509. The van der Waals surface area contributed by atoms with Gasteiger partial charge in [0.1, 0.15) is 11.6 Å². The summed E-state index contributed by atoms with van der Waals surface area (Å²) in [6.07, 6.45) is 6.00. The van der Waals surface area contributed by atoms with Crippen molar-refractivity contribution in [3.05, 3.63) is 53.1 Å². The van der Waals surface area contributed by atoms with Crippen LogP contribution in [-0.4, -0.2) is 28.3 Å². The van der Waals surface area contributed by atoms with Crippen molar-refractivity contribution in [2.75, 3.05) is 12.4 Å². The third-order valence-corrected chi connectivity index (χ3v) is 6.26. The Bertz CT molecular complexity index is 943. The molecule has 0 saturated carbocycles. The molecule has 0 bridgehead atoms. The lowest BCUT2D eigenvalue weighted by Gasteiger charge is -2.32. The van der Waals surface area contributed by atoms with Crippen molar-refractivity contribution in [2.45, 2.75) is 63.2 Å². The lowest BCUT2D eigenvalue weighted by atomic mass is 9.81. The second kappa shape index (κ2) is 9.45. The molecule has 0 radical (unpaired) electrons. The molecule has 4 nitrogen and oxygen atoms in total. The summed E-state index contributed by atoms with van der Waals surface area (Å²) < 4.78 is 5.21. The molecule has 1 aliphatic heterocycles. The molecule has 0 amide bonds. The second-order valence-electron chi connectivity index (χ2n) is 7.87. The van der Waals surface area contributed by atoms with Gasteiger partial charge >= 0.3 is 5.97 Å². The Morgan fingerprint density at radius 2 is 2.10 bits per heavy atom. The largest absolute Gasteiger partial charge is 0.465 e. The Hall–Kier alpha value is -2.32. The van der Waals surface area contributed by atoms with Crippen molar-refractivity contribution < 1.29 is 9.53 Å². The first-order chi connectivity index (χ1) is 13.9. The van der Waals surface area contributed by atoms with Gasteiger partial charge in [0.25, 0.3) is 0 Å². The Morgan fingerprint density at radius 3 is 2.86 bits per heavy atom. The zero-order chi connectivity index (χ0) is 20.9. The van der Waals surface area contributed by atoms with E-state index in [9.17, 15) is 4.79 Å². The minimum atomic E-state index is -0.393. The highest BCUT2D eigenvalue weighted by Gasteiger charge is 2.27. The van der Waals surface area contributed by atoms with E-state index in [1.165, 1.54) is 16.9 Å². The summed E-state index contributed by atoms with van der Waals surface area (Å²) >= 11 is 1.92. The minimum absolute atomic E-state index is 0.172. The summed E-state index contributed by atoms with van der Waals surface area (Å²) in [4.78, 5) is 22.5. The molecular formula is C24H28N2O2S. The van der Waals surface area contributed by atoms with Gasteiger partial charge in [-0.3, -0.25) is 9.78 Å². The number of fused-ring (bicyclic) bond motifs is 1. The summed E-state index contributed by atoms with van der Waals surface area (Å²) in [5.74, 6) is 6.86. The van der Waals surface area contributed by atoms with Crippen molar-refractivity contribution >= 4 is 17.7 Å². The van der Waals surface area contributed by atoms with Crippen LogP contribution >= 0.6 is 11.8 Å². The first-order valence-electron chi connectivity index (χ1n) is 10.2. The predicted octanol–water partition coefficient (Wildman–Crippen LogP) is 5.10. The maximum Gasteiger partial charge on any atom is 0.315 e. The number of aromatic nitrogens is 2. The van der Waals surface area contributed by atoms with E-state index in [0.29, 0.717) is 24.4 Å². The van der Waals surface area contributed by atoms with Crippen LogP contribution in [0.15, 0.2) is 35.5 Å². The van der Waals surface area contributed by atoms with E-state index in [-0.39, 0.29) is 11.4 Å². The molecule has 29 heavy (non-hydrogen) atoms.